The van der Waals surface area contributed by atoms with E-state index in [2.05, 4.69) is 48.3 Å². The maximum absolute atomic E-state index is 11.5. The van der Waals surface area contributed by atoms with Crippen LogP contribution in [0.2, 0.25) is 0 Å². The summed E-state index contributed by atoms with van der Waals surface area (Å²) < 4.78 is 0. The minimum Gasteiger partial charge on any atom is -0.321 e. The van der Waals surface area contributed by atoms with Gasteiger partial charge in [0.2, 0.25) is 5.91 Å². The first-order valence-electron chi connectivity index (χ1n) is 9.62. The maximum atomic E-state index is 11.5. The molecule has 0 aromatic heterocycles. The van der Waals surface area contributed by atoms with Crippen molar-refractivity contribution in [1.82, 2.24) is 4.90 Å². The van der Waals surface area contributed by atoms with Gasteiger partial charge in [0.1, 0.15) is 5.69 Å². The van der Waals surface area contributed by atoms with Crippen molar-refractivity contribution in [3.8, 4) is 0 Å². The molecule has 2 aromatic rings. The highest BCUT2D eigenvalue weighted by Crippen LogP contribution is 2.42. The summed E-state index contributed by atoms with van der Waals surface area (Å²) in [7, 11) is 0. The van der Waals surface area contributed by atoms with Crippen LogP contribution in [-0.2, 0) is 16.8 Å². The first-order chi connectivity index (χ1) is 13.3. The molecule has 0 radical (unpaired) electrons. The normalized spacial score (nSPS) is 22.6. The van der Waals surface area contributed by atoms with E-state index in [9.17, 15) is 14.9 Å². The van der Waals surface area contributed by atoms with Crippen molar-refractivity contribution in [1.29, 1.82) is 0 Å². The summed E-state index contributed by atoms with van der Waals surface area (Å²) in [6, 6.07) is 15.6. The summed E-state index contributed by atoms with van der Waals surface area (Å²) in [5, 5.41) is 13.9. The zero-order valence-electron chi connectivity index (χ0n) is 16.6. The number of benzene rings is 2. The lowest BCUT2D eigenvalue weighted by Gasteiger charge is -2.45. The third-order valence-corrected chi connectivity index (χ3v) is 5.98. The molecule has 0 spiro atoms. The summed E-state index contributed by atoms with van der Waals surface area (Å²) in [6.07, 6.45) is 0.957. The third kappa shape index (κ3) is 4.22. The fourth-order valence-electron chi connectivity index (χ4n) is 4.07. The Hall–Kier alpha value is -2.73. The van der Waals surface area contributed by atoms with Gasteiger partial charge in [0.25, 0.3) is 5.69 Å². The molecule has 3 rings (SSSR count). The molecule has 0 aliphatic carbocycles. The van der Waals surface area contributed by atoms with Gasteiger partial charge in [0.05, 0.1) is 4.92 Å². The standard InChI is InChI=1S/C22H27N3O3/c1-16-14-24(15-18-7-5-4-6-8-18)12-11-22(16,3)19-9-10-21(25(27)28)20(13-19)23-17(2)26/h4-10,13,16H,11-12,14-15H2,1-3H3,(H,23,26)/t16-,22-/m0/s1. The van der Waals surface area contributed by atoms with E-state index < -0.39 is 4.92 Å². The first kappa shape index (κ1) is 20.0. The molecule has 1 N–H and O–H groups in total. The van der Waals surface area contributed by atoms with Gasteiger partial charge < -0.3 is 5.32 Å². The lowest BCUT2D eigenvalue weighted by Crippen LogP contribution is -2.46. The van der Waals surface area contributed by atoms with Crippen LogP contribution in [0.15, 0.2) is 48.5 Å². The Morgan fingerprint density at radius 1 is 1.29 bits per heavy atom. The van der Waals surface area contributed by atoms with E-state index in [1.54, 1.807) is 6.07 Å². The summed E-state index contributed by atoms with van der Waals surface area (Å²) in [5.74, 6) is 0.0627. The van der Waals surface area contributed by atoms with Gasteiger partial charge in [-0.3, -0.25) is 19.8 Å². The Morgan fingerprint density at radius 2 is 2.00 bits per heavy atom. The molecular weight excluding hydrogens is 354 g/mol. The van der Waals surface area contributed by atoms with Crippen molar-refractivity contribution < 1.29 is 9.72 Å². The number of carbonyl (C=O) groups excluding carboxylic acids is 1. The van der Waals surface area contributed by atoms with Gasteiger partial charge in [-0.05, 0) is 41.5 Å². The summed E-state index contributed by atoms with van der Waals surface area (Å²) >= 11 is 0. The van der Waals surface area contributed by atoms with E-state index in [4.69, 9.17) is 0 Å². The van der Waals surface area contributed by atoms with Crippen molar-refractivity contribution in [2.45, 2.75) is 39.2 Å². The Bertz CT molecular complexity index is 869. The van der Waals surface area contributed by atoms with E-state index in [1.807, 2.05) is 12.1 Å². The van der Waals surface area contributed by atoms with E-state index >= 15 is 0 Å². The van der Waals surface area contributed by atoms with Crippen LogP contribution in [0, 0.1) is 16.0 Å². The van der Waals surface area contributed by atoms with Gasteiger partial charge in [0.15, 0.2) is 0 Å². The number of nitrogens with zero attached hydrogens (tertiary/aromatic N) is 2. The molecule has 1 amide bonds. The molecule has 1 aliphatic rings. The predicted octanol–water partition coefficient (Wildman–Crippen LogP) is 4.35. The van der Waals surface area contributed by atoms with Gasteiger partial charge in [-0.1, -0.05) is 50.2 Å². The molecular formula is C22H27N3O3. The van der Waals surface area contributed by atoms with Crippen LogP contribution < -0.4 is 5.32 Å². The van der Waals surface area contributed by atoms with Crippen LogP contribution in [0.25, 0.3) is 0 Å². The lowest BCUT2D eigenvalue weighted by molar-refractivity contribution is -0.384. The van der Waals surface area contributed by atoms with Gasteiger partial charge in [-0.25, -0.2) is 0 Å². The number of anilines is 1. The largest absolute Gasteiger partial charge is 0.321 e. The minimum atomic E-state index is -0.455. The summed E-state index contributed by atoms with van der Waals surface area (Å²) in [6.45, 7) is 8.66. The second-order valence-electron chi connectivity index (χ2n) is 7.96. The number of nitro benzene ring substituents is 1. The zero-order valence-corrected chi connectivity index (χ0v) is 16.6. The van der Waals surface area contributed by atoms with Crippen molar-refractivity contribution >= 4 is 17.3 Å². The fraction of sp³-hybridized carbons (Fsp3) is 0.409. The molecule has 1 fully saturated rings. The van der Waals surface area contributed by atoms with Crippen molar-refractivity contribution in [2.24, 2.45) is 5.92 Å². The van der Waals surface area contributed by atoms with Gasteiger partial charge in [-0.2, -0.15) is 0 Å². The first-order valence-corrected chi connectivity index (χ1v) is 9.62. The van der Waals surface area contributed by atoms with Gasteiger partial charge in [-0.15, -0.1) is 0 Å². The molecule has 2 aromatic carbocycles. The van der Waals surface area contributed by atoms with E-state index in [1.165, 1.54) is 18.6 Å². The zero-order chi connectivity index (χ0) is 20.3. The SMILES string of the molecule is CC(=O)Nc1cc([C@@]2(C)CCN(Cc3ccccc3)C[C@@H]2C)ccc1[N+](=O)[O-]. The van der Waals surface area contributed by atoms with Gasteiger partial charge >= 0.3 is 0 Å². The molecule has 148 valence electrons. The Kier molecular flexibility index (Phi) is 5.79. The Morgan fingerprint density at radius 3 is 2.61 bits per heavy atom. The third-order valence-electron chi connectivity index (χ3n) is 5.98. The van der Waals surface area contributed by atoms with Crippen LogP contribution in [-0.4, -0.2) is 28.8 Å². The molecule has 6 heteroatoms. The molecule has 6 nitrogen and oxygen atoms in total. The van der Waals surface area contributed by atoms with Crippen LogP contribution in [0.5, 0.6) is 0 Å². The van der Waals surface area contributed by atoms with Crippen molar-refractivity contribution in [2.75, 3.05) is 18.4 Å². The number of rotatable bonds is 5. The number of nitro groups is 1. The molecule has 0 saturated carbocycles. The van der Waals surface area contributed by atoms with Crippen LogP contribution in [0.1, 0.15) is 38.3 Å². The molecule has 0 unspecified atom stereocenters. The summed E-state index contributed by atoms with van der Waals surface area (Å²) in [5.41, 5.74) is 2.44. The highest BCUT2D eigenvalue weighted by Gasteiger charge is 2.38. The van der Waals surface area contributed by atoms with E-state index in [-0.39, 0.29) is 22.7 Å². The van der Waals surface area contributed by atoms with Crippen LogP contribution >= 0.6 is 0 Å². The quantitative estimate of drug-likeness (QED) is 0.617. The molecule has 0 bridgehead atoms. The molecule has 1 saturated heterocycles. The molecule has 1 aliphatic heterocycles. The van der Waals surface area contributed by atoms with Gasteiger partial charge in [0, 0.05) is 26.1 Å². The smallest absolute Gasteiger partial charge is 0.292 e. The molecule has 1 heterocycles. The van der Waals surface area contributed by atoms with Crippen LogP contribution in [0.4, 0.5) is 11.4 Å². The van der Waals surface area contributed by atoms with Crippen molar-refractivity contribution in [3.05, 3.63) is 69.8 Å². The number of nitrogens with one attached hydrogen (secondary N) is 1. The highest BCUT2D eigenvalue weighted by atomic mass is 16.6. The monoisotopic (exact) mass is 381 g/mol. The minimum absolute atomic E-state index is 0.0725. The number of amides is 1. The molecule has 2 atom stereocenters. The number of likely N-dealkylation sites (tertiary alicyclic amines) is 1. The predicted molar refractivity (Wildman–Crippen MR) is 110 cm³/mol. The summed E-state index contributed by atoms with van der Waals surface area (Å²) in [4.78, 5) is 24.8. The average Bonchev–Trinajstić information content (AvgIpc) is 2.65. The molecule has 28 heavy (non-hydrogen) atoms. The second-order valence-corrected chi connectivity index (χ2v) is 7.96. The topological polar surface area (TPSA) is 75.5 Å². The Labute approximate surface area is 165 Å². The lowest BCUT2D eigenvalue weighted by atomic mass is 9.68. The number of carbonyl (C=O) groups is 1. The van der Waals surface area contributed by atoms with E-state index in [0.29, 0.717) is 5.92 Å². The number of hydrogen-bond donors (Lipinski definition) is 1. The fourth-order valence-corrected chi connectivity index (χ4v) is 4.07. The average molecular weight is 381 g/mol. The maximum Gasteiger partial charge on any atom is 0.292 e. The Balaban J connectivity index is 1.81. The van der Waals surface area contributed by atoms with Crippen LogP contribution in [0.3, 0.4) is 0 Å². The highest BCUT2D eigenvalue weighted by molar-refractivity contribution is 5.91. The number of piperidine rings is 1. The van der Waals surface area contributed by atoms with E-state index in [0.717, 1.165) is 31.6 Å². The number of hydrogen-bond acceptors (Lipinski definition) is 4. The second kappa shape index (κ2) is 8.10. The van der Waals surface area contributed by atoms with Crippen molar-refractivity contribution in [3.63, 3.8) is 0 Å².